The first-order chi connectivity index (χ1) is 16.0. The number of hydrogen-bond acceptors (Lipinski definition) is 7. The molecule has 2 aliphatic rings. The Morgan fingerprint density at radius 3 is 2.55 bits per heavy atom. The van der Waals surface area contributed by atoms with Gasteiger partial charge in [-0.2, -0.15) is 0 Å². The number of ether oxygens (including phenoxy) is 2. The van der Waals surface area contributed by atoms with Gasteiger partial charge in [0.1, 0.15) is 23.1 Å². The largest absolute Gasteiger partial charge is 0.486 e. The molecule has 1 saturated carbocycles. The number of halogens is 1. The molecule has 0 spiro atoms. The summed E-state index contributed by atoms with van der Waals surface area (Å²) in [6.45, 7) is 0.917. The third-order valence-electron chi connectivity index (χ3n) is 5.21. The van der Waals surface area contributed by atoms with Crippen LogP contribution in [-0.2, 0) is 0 Å². The predicted molar refractivity (Wildman–Crippen MR) is 129 cm³/mol. The zero-order chi connectivity index (χ0) is 22.9. The molecule has 2 aromatic carbocycles. The van der Waals surface area contributed by atoms with Gasteiger partial charge in [0.15, 0.2) is 11.5 Å². The summed E-state index contributed by atoms with van der Waals surface area (Å²) in [6.07, 6.45) is 1.89. The van der Waals surface area contributed by atoms with Crippen LogP contribution in [0.2, 0.25) is 5.02 Å². The van der Waals surface area contributed by atoms with E-state index in [9.17, 15) is 9.59 Å². The number of thiophene rings is 1. The maximum Gasteiger partial charge on any atom is 0.263 e. The molecule has 10 heteroatoms. The number of rotatable bonds is 6. The number of amides is 2. The summed E-state index contributed by atoms with van der Waals surface area (Å²) in [4.78, 5) is 26.3. The number of nitrogens with one attached hydrogen (secondary N) is 3. The molecule has 0 atom stereocenters. The van der Waals surface area contributed by atoms with E-state index < -0.39 is 5.91 Å². The summed E-state index contributed by atoms with van der Waals surface area (Å²) in [5.74, 6) is 0.423. The normalized spacial score (nSPS) is 14.5. The van der Waals surface area contributed by atoms with Crippen LogP contribution in [0.4, 0.5) is 22.1 Å². The van der Waals surface area contributed by atoms with Crippen molar-refractivity contribution in [1.29, 1.82) is 0 Å². The van der Waals surface area contributed by atoms with Crippen LogP contribution in [0.15, 0.2) is 42.5 Å². The lowest BCUT2D eigenvalue weighted by atomic mass is 10.2. The number of para-hydroxylation sites is 1. The van der Waals surface area contributed by atoms with Gasteiger partial charge in [-0.3, -0.25) is 9.59 Å². The Morgan fingerprint density at radius 1 is 1.03 bits per heavy atom. The van der Waals surface area contributed by atoms with Crippen molar-refractivity contribution in [2.24, 2.45) is 0 Å². The number of hydrogen-bond donors (Lipinski definition) is 4. The third-order valence-corrected chi connectivity index (χ3v) is 6.66. The van der Waals surface area contributed by atoms with Gasteiger partial charge in [0.05, 0.1) is 22.0 Å². The molecule has 0 radical (unpaired) electrons. The Hall–Kier alpha value is -3.43. The van der Waals surface area contributed by atoms with Crippen molar-refractivity contribution < 1.29 is 19.1 Å². The maximum absolute atomic E-state index is 13.3. The molecule has 1 aliphatic carbocycles. The molecule has 0 bridgehead atoms. The lowest BCUT2D eigenvalue weighted by Crippen LogP contribution is -2.25. The Kier molecular flexibility index (Phi) is 5.74. The molecule has 1 fully saturated rings. The minimum absolute atomic E-state index is 0.114. The van der Waals surface area contributed by atoms with Crippen molar-refractivity contribution in [3.05, 3.63) is 57.9 Å². The fourth-order valence-electron chi connectivity index (χ4n) is 3.40. The second-order valence-electron chi connectivity index (χ2n) is 7.71. The molecule has 33 heavy (non-hydrogen) atoms. The van der Waals surface area contributed by atoms with Crippen LogP contribution in [0.1, 0.15) is 32.9 Å². The van der Waals surface area contributed by atoms with Crippen molar-refractivity contribution in [2.45, 2.75) is 18.9 Å². The van der Waals surface area contributed by atoms with E-state index in [1.54, 1.807) is 36.4 Å². The van der Waals surface area contributed by atoms with Gasteiger partial charge in [0, 0.05) is 17.8 Å². The minimum atomic E-state index is -0.458. The third kappa shape index (κ3) is 4.55. The van der Waals surface area contributed by atoms with Crippen LogP contribution < -0.4 is 31.2 Å². The quantitative estimate of drug-likeness (QED) is 0.405. The second-order valence-corrected chi connectivity index (χ2v) is 9.14. The molecule has 5 rings (SSSR count). The maximum atomic E-state index is 13.3. The van der Waals surface area contributed by atoms with Crippen molar-refractivity contribution in [2.75, 3.05) is 29.6 Å². The molecular formula is C23H21ClN4O4S. The monoisotopic (exact) mass is 484 g/mol. The molecule has 8 nitrogen and oxygen atoms in total. The summed E-state index contributed by atoms with van der Waals surface area (Å²) in [5, 5.41) is 9.84. The number of carbonyl (C=O) groups is 2. The number of nitrogen functional groups attached to an aromatic ring is 1. The summed E-state index contributed by atoms with van der Waals surface area (Å²) < 4.78 is 11.1. The smallest absolute Gasteiger partial charge is 0.263 e. The number of carbonyl (C=O) groups excluding carboxylic acids is 2. The lowest BCUT2D eigenvalue weighted by Gasteiger charge is -2.19. The van der Waals surface area contributed by atoms with Gasteiger partial charge in [-0.15, -0.1) is 11.3 Å². The van der Waals surface area contributed by atoms with Gasteiger partial charge in [-0.25, -0.2) is 0 Å². The summed E-state index contributed by atoms with van der Waals surface area (Å²) in [5.41, 5.74) is 7.74. The van der Waals surface area contributed by atoms with Crippen molar-refractivity contribution in [3.63, 3.8) is 0 Å². The van der Waals surface area contributed by atoms with Crippen LogP contribution in [0.3, 0.4) is 0 Å². The number of benzene rings is 2. The number of anilines is 4. The lowest BCUT2D eigenvalue weighted by molar-refractivity contribution is 0.0955. The van der Waals surface area contributed by atoms with E-state index in [4.69, 9.17) is 26.8 Å². The van der Waals surface area contributed by atoms with E-state index in [1.165, 1.54) is 0 Å². The van der Waals surface area contributed by atoms with E-state index in [1.807, 2.05) is 6.07 Å². The second kappa shape index (κ2) is 8.84. The summed E-state index contributed by atoms with van der Waals surface area (Å²) >= 11 is 7.41. The predicted octanol–water partition coefficient (Wildman–Crippen LogP) is 4.64. The Balaban J connectivity index is 1.47. The van der Waals surface area contributed by atoms with E-state index in [2.05, 4.69) is 16.0 Å². The SMILES string of the molecule is Nc1c(C(=O)NC2CC2)sc(Nc2ccccc2Cl)c1C(=O)Nc1ccc2c(c1)OCCO2. The van der Waals surface area contributed by atoms with Crippen LogP contribution in [0.25, 0.3) is 0 Å². The van der Waals surface area contributed by atoms with E-state index >= 15 is 0 Å². The molecular weight excluding hydrogens is 464 g/mol. The molecule has 1 aromatic heterocycles. The van der Waals surface area contributed by atoms with Gasteiger partial charge >= 0.3 is 0 Å². The standard InChI is InChI=1S/C23H21ClN4O4S/c24-14-3-1-2-4-15(14)28-23-18(19(25)20(33-23)22(30)26-12-5-6-12)21(29)27-13-7-8-16-17(11-13)32-10-9-31-16/h1-4,7-8,11-12,28H,5-6,9-10,25H2,(H,26,30)(H,27,29). The molecule has 2 amide bonds. The zero-order valence-electron chi connectivity index (χ0n) is 17.4. The Bertz CT molecular complexity index is 1240. The zero-order valence-corrected chi connectivity index (χ0v) is 19.0. The Morgan fingerprint density at radius 2 is 1.79 bits per heavy atom. The number of nitrogens with two attached hydrogens (primary N) is 1. The fourth-order valence-corrected chi connectivity index (χ4v) is 4.62. The molecule has 2 heterocycles. The summed E-state index contributed by atoms with van der Waals surface area (Å²) in [6, 6.07) is 12.4. The molecule has 1 aliphatic heterocycles. The molecule has 5 N–H and O–H groups in total. The van der Waals surface area contributed by atoms with Gasteiger partial charge in [-0.1, -0.05) is 23.7 Å². The first-order valence-corrected chi connectivity index (χ1v) is 11.6. The first kappa shape index (κ1) is 21.4. The average molecular weight is 485 g/mol. The summed E-state index contributed by atoms with van der Waals surface area (Å²) in [7, 11) is 0. The highest BCUT2D eigenvalue weighted by Gasteiger charge is 2.30. The van der Waals surface area contributed by atoms with Gasteiger partial charge < -0.3 is 31.2 Å². The van der Waals surface area contributed by atoms with E-state index in [-0.39, 0.29) is 28.1 Å². The molecule has 170 valence electrons. The topological polar surface area (TPSA) is 115 Å². The highest BCUT2D eigenvalue weighted by atomic mass is 35.5. The average Bonchev–Trinajstić information content (AvgIpc) is 3.56. The van der Waals surface area contributed by atoms with Crippen LogP contribution in [-0.4, -0.2) is 31.1 Å². The van der Waals surface area contributed by atoms with Crippen LogP contribution in [0, 0.1) is 0 Å². The van der Waals surface area contributed by atoms with Crippen LogP contribution in [0.5, 0.6) is 11.5 Å². The van der Waals surface area contributed by atoms with E-state index in [0.29, 0.717) is 46.1 Å². The first-order valence-electron chi connectivity index (χ1n) is 10.5. The highest BCUT2D eigenvalue weighted by Crippen LogP contribution is 2.40. The Labute approximate surface area is 199 Å². The van der Waals surface area contributed by atoms with Crippen molar-refractivity contribution >= 4 is 56.8 Å². The van der Waals surface area contributed by atoms with Gasteiger partial charge in [0.2, 0.25) is 0 Å². The van der Waals surface area contributed by atoms with Crippen molar-refractivity contribution in [3.8, 4) is 11.5 Å². The minimum Gasteiger partial charge on any atom is -0.486 e. The molecule has 0 saturated heterocycles. The molecule has 3 aromatic rings. The van der Waals surface area contributed by atoms with Gasteiger partial charge in [-0.05, 0) is 37.1 Å². The van der Waals surface area contributed by atoms with Crippen LogP contribution >= 0.6 is 22.9 Å². The van der Waals surface area contributed by atoms with Crippen molar-refractivity contribution in [1.82, 2.24) is 5.32 Å². The highest BCUT2D eigenvalue weighted by molar-refractivity contribution is 7.19. The van der Waals surface area contributed by atoms with Gasteiger partial charge in [0.25, 0.3) is 11.8 Å². The number of fused-ring (bicyclic) bond motifs is 1. The molecule has 0 unspecified atom stereocenters. The van der Waals surface area contributed by atoms with E-state index in [0.717, 1.165) is 24.2 Å². The fraction of sp³-hybridized carbons (Fsp3) is 0.217.